The first-order valence-corrected chi connectivity index (χ1v) is 11.0. The minimum absolute atomic E-state index is 0.00941. The van der Waals surface area contributed by atoms with Gasteiger partial charge in [-0.3, -0.25) is 9.48 Å². The molecule has 8 nitrogen and oxygen atoms in total. The van der Waals surface area contributed by atoms with Gasteiger partial charge in [0.2, 0.25) is 5.88 Å². The van der Waals surface area contributed by atoms with E-state index in [1.165, 1.54) is 0 Å². The van der Waals surface area contributed by atoms with Gasteiger partial charge in [-0.15, -0.1) is 5.10 Å². The van der Waals surface area contributed by atoms with Crippen molar-refractivity contribution >= 4 is 16.7 Å². The number of ether oxygens (including phenoxy) is 2. The molecular formula is C25H25N5O3. The van der Waals surface area contributed by atoms with Crippen molar-refractivity contribution in [1.29, 1.82) is 0 Å². The first-order valence-electron chi connectivity index (χ1n) is 11.0. The van der Waals surface area contributed by atoms with Gasteiger partial charge in [0.05, 0.1) is 19.0 Å². The van der Waals surface area contributed by atoms with E-state index < -0.39 is 0 Å². The van der Waals surface area contributed by atoms with Crippen LogP contribution in [0.25, 0.3) is 22.0 Å². The highest BCUT2D eigenvalue weighted by molar-refractivity contribution is 5.94. The summed E-state index contributed by atoms with van der Waals surface area (Å²) in [7, 11) is 3.42. The molecule has 168 valence electrons. The van der Waals surface area contributed by atoms with E-state index in [2.05, 4.69) is 15.3 Å². The Labute approximate surface area is 191 Å². The second kappa shape index (κ2) is 8.90. The molecule has 5 rings (SSSR count). The molecule has 2 aromatic carbocycles. The number of hydrogen-bond donors (Lipinski definition) is 0. The molecule has 2 aromatic heterocycles. The summed E-state index contributed by atoms with van der Waals surface area (Å²) in [5, 5.41) is 14.7. The number of methoxy groups -OCH3 is 1. The highest BCUT2D eigenvalue weighted by Gasteiger charge is 2.27. The molecule has 1 amide bonds. The predicted molar refractivity (Wildman–Crippen MR) is 124 cm³/mol. The lowest BCUT2D eigenvalue weighted by Gasteiger charge is -2.31. The van der Waals surface area contributed by atoms with Crippen molar-refractivity contribution in [3.8, 4) is 22.9 Å². The number of aryl methyl sites for hydroxylation is 1. The molecule has 1 saturated heterocycles. The summed E-state index contributed by atoms with van der Waals surface area (Å²) < 4.78 is 13.3. The Morgan fingerprint density at radius 3 is 2.64 bits per heavy atom. The van der Waals surface area contributed by atoms with E-state index in [0.717, 1.165) is 34.9 Å². The molecule has 0 aliphatic carbocycles. The molecule has 1 aliphatic heterocycles. The number of carbonyl (C=O) groups is 1. The Hall–Kier alpha value is -3.94. The fourth-order valence-corrected chi connectivity index (χ4v) is 4.24. The van der Waals surface area contributed by atoms with Crippen LogP contribution in [0.3, 0.4) is 0 Å². The highest BCUT2D eigenvalue weighted by Crippen LogP contribution is 2.30. The van der Waals surface area contributed by atoms with Crippen molar-refractivity contribution in [1.82, 2.24) is 24.9 Å². The topological polar surface area (TPSA) is 82.4 Å². The molecule has 0 atom stereocenters. The average molecular weight is 444 g/mol. The maximum Gasteiger partial charge on any atom is 0.272 e. The number of likely N-dealkylation sites (tertiary alicyclic amines) is 1. The van der Waals surface area contributed by atoms with Gasteiger partial charge in [-0.05, 0) is 24.3 Å². The molecular weight excluding hydrogens is 418 g/mol. The maximum absolute atomic E-state index is 13.2. The predicted octanol–water partition coefficient (Wildman–Crippen LogP) is 3.72. The summed E-state index contributed by atoms with van der Waals surface area (Å²) in [4.78, 5) is 15.1. The van der Waals surface area contributed by atoms with Crippen LogP contribution in [0.4, 0.5) is 0 Å². The molecule has 33 heavy (non-hydrogen) atoms. The van der Waals surface area contributed by atoms with Crippen LogP contribution >= 0.6 is 0 Å². The van der Waals surface area contributed by atoms with Crippen LogP contribution in [0.15, 0.2) is 60.8 Å². The van der Waals surface area contributed by atoms with E-state index in [4.69, 9.17) is 9.47 Å². The van der Waals surface area contributed by atoms with E-state index in [-0.39, 0.29) is 12.0 Å². The zero-order chi connectivity index (χ0) is 22.8. The molecule has 3 heterocycles. The van der Waals surface area contributed by atoms with Gasteiger partial charge in [-0.25, -0.2) is 0 Å². The third kappa shape index (κ3) is 4.11. The van der Waals surface area contributed by atoms with Crippen molar-refractivity contribution in [3.63, 3.8) is 0 Å². The molecule has 1 fully saturated rings. The number of hydrogen-bond acceptors (Lipinski definition) is 6. The summed E-state index contributed by atoms with van der Waals surface area (Å²) in [6, 6.07) is 17.4. The minimum Gasteiger partial charge on any atom is -0.496 e. The van der Waals surface area contributed by atoms with E-state index in [1.807, 2.05) is 59.5 Å². The Morgan fingerprint density at radius 1 is 1.06 bits per heavy atom. The Bertz CT molecular complexity index is 1290. The minimum atomic E-state index is -0.0328. The SMILES string of the molecule is COc1ccccc1-c1cc(C(=O)N2CCC(Oc3nncc4ccccc34)CC2)n(C)n1. The van der Waals surface area contributed by atoms with E-state index in [1.54, 1.807) is 25.0 Å². The Morgan fingerprint density at radius 2 is 1.82 bits per heavy atom. The summed E-state index contributed by atoms with van der Waals surface area (Å²) in [6.45, 7) is 1.22. The van der Waals surface area contributed by atoms with Crippen molar-refractivity contribution < 1.29 is 14.3 Å². The van der Waals surface area contributed by atoms with Gasteiger partial charge in [0, 0.05) is 49.3 Å². The molecule has 0 N–H and O–H groups in total. The summed E-state index contributed by atoms with van der Waals surface area (Å²) >= 11 is 0. The van der Waals surface area contributed by atoms with Gasteiger partial charge < -0.3 is 14.4 Å². The Balaban J connectivity index is 1.27. The Kier molecular flexibility index (Phi) is 5.64. The lowest BCUT2D eigenvalue weighted by atomic mass is 10.1. The molecule has 0 spiro atoms. The maximum atomic E-state index is 13.2. The monoisotopic (exact) mass is 443 g/mol. The molecule has 0 radical (unpaired) electrons. The fraction of sp³-hybridized carbons (Fsp3) is 0.280. The zero-order valence-corrected chi connectivity index (χ0v) is 18.6. The largest absolute Gasteiger partial charge is 0.496 e. The van der Waals surface area contributed by atoms with Crippen molar-refractivity contribution in [2.24, 2.45) is 7.05 Å². The number of aromatic nitrogens is 4. The smallest absolute Gasteiger partial charge is 0.272 e. The van der Waals surface area contributed by atoms with Crippen molar-refractivity contribution in [2.45, 2.75) is 18.9 Å². The van der Waals surface area contributed by atoms with Crippen LogP contribution in [-0.4, -0.2) is 57.1 Å². The summed E-state index contributed by atoms with van der Waals surface area (Å²) in [5.74, 6) is 1.24. The van der Waals surface area contributed by atoms with Gasteiger partial charge in [-0.1, -0.05) is 30.3 Å². The molecule has 0 bridgehead atoms. The number of benzene rings is 2. The van der Waals surface area contributed by atoms with Gasteiger partial charge in [0.15, 0.2) is 0 Å². The first-order chi connectivity index (χ1) is 16.1. The van der Waals surface area contributed by atoms with Crippen molar-refractivity contribution in [3.05, 3.63) is 66.5 Å². The first kappa shape index (κ1) is 20.9. The number of rotatable bonds is 5. The molecule has 4 aromatic rings. The van der Waals surface area contributed by atoms with Gasteiger partial charge >= 0.3 is 0 Å². The van der Waals surface area contributed by atoms with E-state index >= 15 is 0 Å². The lowest BCUT2D eigenvalue weighted by molar-refractivity contribution is 0.0579. The average Bonchev–Trinajstić information content (AvgIpc) is 3.25. The number of nitrogens with zero attached hydrogens (tertiary/aromatic N) is 5. The van der Waals surface area contributed by atoms with Crippen LogP contribution in [0.5, 0.6) is 11.6 Å². The molecule has 0 saturated carbocycles. The van der Waals surface area contributed by atoms with E-state index in [0.29, 0.717) is 30.4 Å². The number of para-hydroxylation sites is 1. The van der Waals surface area contributed by atoms with Crippen LogP contribution < -0.4 is 9.47 Å². The van der Waals surface area contributed by atoms with Gasteiger partial charge in [0.25, 0.3) is 5.91 Å². The molecule has 0 unspecified atom stereocenters. The lowest BCUT2D eigenvalue weighted by Crippen LogP contribution is -2.42. The van der Waals surface area contributed by atoms with Crippen molar-refractivity contribution in [2.75, 3.05) is 20.2 Å². The van der Waals surface area contributed by atoms with Crippen LogP contribution in [0.1, 0.15) is 23.3 Å². The van der Waals surface area contributed by atoms with Gasteiger partial charge in [-0.2, -0.15) is 10.2 Å². The molecule has 1 aliphatic rings. The number of piperidine rings is 1. The summed E-state index contributed by atoms with van der Waals surface area (Å²) in [6.07, 6.45) is 3.18. The molecule has 8 heteroatoms. The normalized spacial score (nSPS) is 14.4. The number of carbonyl (C=O) groups excluding carboxylic acids is 1. The summed E-state index contributed by atoms with van der Waals surface area (Å²) in [5.41, 5.74) is 2.12. The quantitative estimate of drug-likeness (QED) is 0.468. The second-order valence-corrected chi connectivity index (χ2v) is 8.09. The standard InChI is InChI=1S/C25H25N5O3/c1-29-22(15-21(28-29)20-9-5-6-10-23(20)32-2)25(31)30-13-11-18(12-14-30)33-24-19-8-4-3-7-17(19)16-26-27-24/h3-10,15-16,18H,11-14H2,1-2H3. The zero-order valence-electron chi connectivity index (χ0n) is 18.6. The fourth-order valence-electron chi connectivity index (χ4n) is 4.24. The highest BCUT2D eigenvalue weighted by atomic mass is 16.5. The van der Waals surface area contributed by atoms with Crippen LogP contribution in [-0.2, 0) is 7.05 Å². The van der Waals surface area contributed by atoms with Crippen LogP contribution in [0, 0.1) is 0 Å². The van der Waals surface area contributed by atoms with Crippen LogP contribution in [0.2, 0.25) is 0 Å². The third-order valence-corrected chi connectivity index (χ3v) is 6.03. The third-order valence-electron chi connectivity index (χ3n) is 6.03. The van der Waals surface area contributed by atoms with Gasteiger partial charge in [0.1, 0.15) is 17.5 Å². The number of amides is 1. The van der Waals surface area contributed by atoms with E-state index in [9.17, 15) is 4.79 Å². The number of fused-ring (bicyclic) bond motifs is 1. The second-order valence-electron chi connectivity index (χ2n) is 8.09.